The molecule has 1 aliphatic heterocycles. The molecule has 0 aromatic carbocycles. The van der Waals surface area contributed by atoms with E-state index < -0.39 is 0 Å². The van der Waals surface area contributed by atoms with Crippen LogP contribution in [-0.4, -0.2) is 29.1 Å². The molecule has 70 valence electrons. The highest BCUT2D eigenvalue weighted by Crippen LogP contribution is 2.20. The smallest absolute Gasteiger partial charge is 0.227 e. The molecule has 1 unspecified atom stereocenters. The lowest BCUT2D eigenvalue weighted by Crippen LogP contribution is -2.23. The molecular weight excluding hydrogens is 168 g/mol. The predicted molar refractivity (Wildman–Crippen MR) is 46.3 cm³/mol. The first kappa shape index (κ1) is 9.75. The first-order chi connectivity index (χ1) is 6.19. The predicted octanol–water partition coefficient (Wildman–Crippen LogP) is 0.255. The van der Waals surface area contributed by atoms with E-state index in [0.717, 1.165) is 0 Å². The van der Waals surface area contributed by atoms with Gasteiger partial charge < -0.3 is 10.0 Å². The summed E-state index contributed by atoms with van der Waals surface area (Å²) >= 11 is 0. The zero-order valence-electron chi connectivity index (χ0n) is 7.53. The number of amides is 1. The molecule has 0 bridgehead atoms. The van der Waals surface area contributed by atoms with Crippen LogP contribution in [0.4, 0.5) is 0 Å². The van der Waals surface area contributed by atoms with Crippen LogP contribution in [0, 0.1) is 17.2 Å². The van der Waals surface area contributed by atoms with Crippen molar-refractivity contribution in [2.75, 3.05) is 13.2 Å². The van der Waals surface area contributed by atoms with Gasteiger partial charge in [0.2, 0.25) is 5.91 Å². The Morgan fingerprint density at radius 1 is 1.92 bits per heavy atom. The molecule has 0 aromatic rings. The monoisotopic (exact) mass is 180 g/mol. The van der Waals surface area contributed by atoms with Gasteiger partial charge in [0.25, 0.3) is 0 Å². The van der Waals surface area contributed by atoms with Crippen molar-refractivity contribution >= 4 is 5.91 Å². The topological polar surface area (TPSA) is 64.3 Å². The molecule has 1 atom stereocenters. The van der Waals surface area contributed by atoms with E-state index >= 15 is 0 Å². The highest BCUT2D eigenvalue weighted by molar-refractivity contribution is 5.80. The molecule has 1 heterocycles. The van der Waals surface area contributed by atoms with Gasteiger partial charge in [-0.1, -0.05) is 0 Å². The maximum atomic E-state index is 11.3. The first-order valence-corrected chi connectivity index (χ1v) is 4.16. The average Bonchev–Trinajstić information content (AvgIpc) is 2.47. The number of rotatable bonds is 2. The second kappa shape index (κ2) is 4.06. The van der Waals surface area contributed by atoms with Crippen LogP contribution in [0.15, 0.2) is 11.8 Å². The van der Waals surface area contributed by atoms with Gasteiger partial charge in [0, 0.05) is 37.3 Å². The van der Waals surface area contributed by atoms with Gasteiger partial charge in [-0.15, -0.1) is 0 Å². The molecule has 0 aliphatic carbocycles. The van der Waals surface area contributed by atoms with E-state index in [-0.39, 0.29) is 18.4 Å². The van der Waals surface area contributed by atoms with Crippen LogP contribution in [-0.2, 0) is 4.79 Å². The van der Waals surface area contributed by atoms with Crippen molar-refractivity contribution < 1.29 is 9.90 Å². The number of nitriles is 1. The SMILES string of the molecule is CC(=CC#N)N1CC(CO)CC1=O. The lowest BCUT2D eigenvalue weighted by atomic mass is 10.1. The van der Waals surface area contributed by atoms with Crippen molar-refractivity contribution in [3.63, 3.8) is 0 Å². The lowest BCUT2D eigenvalue weighted by Gasteiger charge is -2.15. The Bertz CT molecular complexity index is 278. The number of likely N-dealkylation sites (tertiary alicyclic amines) is 1. The zero-order valence-corrected chi connectivity index (χ0v) is 7.53. The van der Waals surface area contributed by atoms with Crippen LogP contribution >= 0.6 is 0 Å². The third kappa shape index (κ3) is 2.07. The molecule has 0 aromatic heterocycles. The average molecular weight is 180 g/mol. The molecule has 1 fully saturated rings. The van der Waals surface area contributed by atoms with Crippen LogP contribution in [0.2, 0.25) is 0 Å². The van der Waals surface area contributed by atoms with Gasteiger partial charge >= 0.3 is 0 Å². The zero-order chi connectivity index (χ0) is 9.84. The molecule has 1 N–H and O–H groups in total. The van der Waals surface area contributed by atoms with Crippen LogP contribution < -0.4 is 0 Å². The summed E-state index contributed by atoms with van der Waals surface area (Å²) in [5.41, 5.74) is 0.656. The quantitative estimate of drug-likeness (QED) is 0.620. The summed E-state index contributed by atoms with van der Waals surface area (Å²) < 4.78 is 0. The van der Waals surface area contributed by atoms with Crippen LogP contribution in [0.1, 0.15) is 13.3 Å². The largest absolute Gasteiger partial charge is 0.396 e. The van der Waals surface area contributed by atoms with Crippen LogP contribution in [0.25, 0.3) is 0 Å². The number of hydrogen-bond acceptors (Lipinski definition) is 3. The Hall–Kier alpha value is -1.34. The third-order valence-corrected chi connectivity index (χ3v) is 2.16. The van der Waals surface area contributed by atoms with E-state index in [1.54, 1.807) is 11.8 Å². The summed E-state index contributed by atoms with van der Waals surface area (Å²) in [5, 5.41) is 17.2. The number of aliphatic hydroxyl groups is 1. The van der Waals surface area contributed by atoms with Gasteiger partial charge in [-0.2, -0.15) is 5.26 Å². The second-order valence-electron chi connectivity index (χ2n) is 3.17. The van der Waals surface area contributed by atoms with Gasteiger partial charge in [0.1, 0.15) is 0 Å². The number of allylic oxidation sites excluding steroid dienone is 2. The van der Waals surface area contributed by atoms with Crippen LogP contribution in [0.3, 0.4) is 0 Å². The normalized spacial score (nSPS) is 23.5. The fourth-order valence-electron chi connectivity index (χ4n) is 1.42. The molecule has 1 amide bonds. The number of hydrogen-bond donors (Lipinski definition) is 1. The van der Waals surface area contributed by atoms with E-state index in [1.807, 2.05) is 6.07 Å². The van der Waals surface area contributed by atoms with Gasteiger partial charge in [0.05, 0.1) is 6.07 Å². The Morgan fingerprint density at radius 3 is 3.08 bits per heavy atom. The molecule has 1 rings (SSSR count). The molecule has 4 heteroatoms. The van der Waals surface area contributed by atoms with E-state index in [2.05, 4.69) is 0 Å². The molecule has 0 saturated carbocycles. The number of aliphatic hydroxyl groups excluding tert-OH is 1. The van der Waals surface area contributed by atoms with Crippen molar-refractivity contribution in [2.45, 2.75) is 13.3 Å². The molecule has 4 nitrogen and oxygen atoms in total. The summed E-state index contributed by atoms with van der Waals surface area (Å²) in [7, 11) is 0. The molecular formula is C9H12N2O2. The summed E-state index contributed by atoms with van der Waals surface area (Å²) in [6, 6.07) is 1.88. The van der Waals surface area contributed by atoms with Gasteiger partial charge in [-0.25, -0.2) is 0 Å². The van der Waals surface area contributed by atoms with Crippen molar-refractivity contribution in [3.05, 3.63) is 11.8 Å². The van der Waals surface area contributed by atoms with Crippen molar-refractivity contribution in [3.8, 4) is 6.07 Å². The number of carbonyl (C=O) groups excluding carboxylic acids is 1. The number of nitrogens with zero attached hydrogens (tertiary/aromatic N) is 2. The van der Waals surface area contributed by atoms with Gasteiger partial charge in [-0.05, 0) is 6.92 Å². The Labute approximate surface area is 77.1 Å². The highest BCUT2D eigenvalue weighted by atomic mass is 16.3. The summed E-state index contributed by atoms with van der Waals surface area (Å²) in [6.07, 6.45) is 1.73. The fraction of sp³-hybridized carbons (Fsp3) is 0.556. The van der Waals surface area contributed by atoms with Crippen molar-refractivity contribution in [1.82, 2.24) is 4.90 Å². The van der Waals surface area contributed by atoms with Gasteiger partial charge in [0.15, 0.2) is 0 Å². The second-order valence-corrected chi connectivity index (χ2v) is 3.17. The highest BCUT2D eigenvalue weighted by Gasteiger charge is 2.29. The minimum absolute atomic E-state index is 0.0111. The minimum atomic E-state index is -0.0111. The number of carbonyl (C=O) groups is 1. The van der Waals surface area contributed by atoms with Gasteiger partial charge in [-0.3, -0.25) is 4.79 Å². The molecule has 0 spiro atoms. The Morgan fingerprint density at radius 2 is 2.62 bits per heavy atom. The summed E-state index contributed by atoms with van der Waals surface area (Å²) in [5.74, 6) is 0.0117. The molecule has 1 saturated heterocycles. The van der Waals surface area contributed by atoms with Crippen LogP contribution in [0.5, 0.6) is 0 Å². The fourth-order valence-corrected chi connectivity index (χ4v) is 1.42. The maximum absolute atomic E-state index is 11.3. The van der Waals surface area contributed by atoms with Crippen molar-refractivity contribution in [1.29, 1.82) is 5.26 Å². The maximum Gasteiger partial charge on any atom is 0.227 e. The molecule has 0 radical (unpaired) electrons. The van der Waals surface area contributed by atoms with E-state index in [4.69, 9.17) is 10.4 Å². The van der Waals surface area contributed by atoms with Crippen molar-refractivity contribution in [2.24, 2.45) is 5.92 Å². The molecule has 1 aliphatic rings. The summed E-state index contributed by atoms with van der Waals surface area (Å²) in [6.45, 7) is 2.28. The summed E-state index contributed by atoms with van der Waals surface area (Å²) in [4.78, 5) is 12.9. The standard InChI is InChI=1S/C9H12N2O2/c1-7(2-3-10)11-5-8(6-12)4-9(11)13/h2,8,12H,4-6H2,1H3. The molecule has 13 heavy (non-hydrogen) atoms. The van der Waals surface area contributed by atoms with E-state index in [0.29, 0.717) is 18.7 Å². The lowest BCUT2D eigenvalue weighted by molar-refractivity contribution is -0.126. The third-order valence-electron chi connectivity index (χ3n) is 2.16. The van der Waals surface area contributed by atoms with E-state index in [9.17, 15) is 4.79 Å². The first-order valence-electron chi connectivity index (χ1n) is 4.16. The minimum Gasteiger partial charge on any atom is -0.396 e. The van der Waals surface area contributed by atoms with E-state index in [1.165, 1.54) is 6.08 Å². The Balaban J connectivity index is 2.69. The Kier molecular flexibility index (Phi) is 3.04.